The summed E-state index contributed by atoms with van der Waals surface area (Å²) in [5.74, 6) is -1.20. The number of hydrogen-bond acceptors (Lipinski definition) is 4. The summed E-state index contributed by atoms with van der Waals surface area (Å²) in [6, 6.07) is 1.71. The molecular weight excluding hydrogens is 265 g/mol. The average Bonchev–Trinajstić information content (AvgIpc) is 2.37. The minimum atomic E-state index is -0.903. The molecule has 0 aliphatic carbocycles. The van der Waals surface area contributed by atoms with E-state index in [0.717, 1.165) is 6.07 Å². The van der Waals surface area contributed by atoms with E-state index < -0.39 is 22.3 Å². The number of nitro groups is 1. The number of nitrogen functional groups attached to an aromatic ring is 1. The van der Waals surface area contributed by atoms with Crippen molar-refractivity contribution in [1.29, 1.82) is 0 Å². The Morgan fingerprint density at radius 3 is 2.55 bits per heavy atom. The molecule has 0 atom stereocenters. The molecule has 0 fully saturated rings. The molecule has 1 rings (SSSR count). The van der Waals surface area contributed by atoms with Crippen LogP contribution in [0.15, 0.2) is 12.1 Å². The zero-order valence-electron chi connectivity index (χ0n) is 11.7. The van der Waals surface area contributed by atoms with Crippen molar-refractivity contribution in [1.82, 2.24) is 4.90 Å². The molecule has 0 heterocycles. The summed E-state index contributed by atoms with van der Waals surface area (Å²) in [4.78, 5) is 24.0. The van der Waals surface area contributed by atoms with Gasteiger partial charge in [-0.25, -0.2) is 4.39 Å². The highest BCUT2D eigenvalue weighted by molar-refractivity contribution is 5.99. The second-order valence-corrected chi connectivity index (χ2v) is 4.89. The van der Waals surface area contributed by atoms with Crippen molar-refractivity contribution in [2.24, 2.45) is 5.92 Å². The van der Waals surface area contributed by atoms with Gasteiger partial charge in [-0.3, -0.25) is 14.9 Å². The molecule has 0 aliphatic rings. The van der Waals surface area contributed by atoms with Gasteiger partial charge >= 0.3 is 0 Å². The number of amides is 1. The third kappa shape index (κ3) is 3.43. The summed E-state index contributed by atoms with van der Waals surface area (Å²) in [6.07, 6.45) is 0. The quantitative estimate of drug-likeness (QED) is 0.510. The van der Waals surface area contributed by atoms with Gasteiger partial charge in [-0.15, -0.1) is 0 Å². The van der Waals surface area contributed by atoms with Gasteiger partial charge in [0.1, 0.15) is 5.56 Å². The number of carbonyl (C=O) groups excluding carboxylic acids is 1. The standard InChI is InChI=1S/C13H18FN3O3/c1-4-16(7-8(2)3)13(18)9-5-11(15)10(14)6-12(9)17(19)20/h5-6,8H,4,7,15H2,1-3H3. The second kappa shape index (κ2) is 6.31. The van der Waals surface area contributed by atoms with Crippen LogP contribution in [0, 0.1) is 21.8 Å². The van der Waals surface area contributed by atoms with Crippen LogP contribution in [0.1, 0.15) is 31.1 Å². The van der Waals surface area contributed by atoms with Crippen molar-refractivity contribution < 1.29 is 14.1 Å². The summed E-state index contributed by atoms with van der Waals surface area (Å²) < 4.78 is 13.3. The Bertz CT molecular complexity index is 532. The van der Waals surface area contributed by atoms with E-state index in [1.165, 1.54) is 4.90 Å². The highest BCUT2D eigenvalue weighted by Crippen LogP contribution is 2.25. The molecule has 0 radical (unpaired) electrons. The molecule has 0 aliphatic heterocycles. The maximum atomic E-state index is 13.3. The van der Waals surface area contributed by atoms with Crippen LogP contribution in [-0.4, -0.2) is 28.8 Å². The Hall–Kier alpha value is -2.18. The van der Waals surface area contributed by atoms with Gasteiger partial charge in [0.05, 0.1) is 16.7 Å². The average molecular weight is 283 g/mol. The Kier molecular flexibility index (Phi) is 5.01. The number of nitro benzene ring substituents is 1. The minimum Gasteiger partial charge on any atom is -0.396 e. The zero-order valence-corrected chi connectivity index (χ0v) is 11.7. The first-order valence-electron chi connectivity index (χ1n) is 6.30. The lowest BCUT2D eigenvalue weighted by molar-refractivity contribution is -0.385. The normalized spacial score (nSPS) is 10.7. The first-order chi connectivity index (χ1) is 9.27. The lowest BCUT2D eigenvalue weighted by Gasteiger charge is -2.23. The number of carbonyl (C=O) groups is 1. The first-order valence-corrected chi connectivity index (χ1v) is 6.30. The molecule has 7 heteroatoms. The van der Waals surface area contributed by atoms with E-state index in [1.807, 2.05) is 13.8 Å². The van der Waals surface area contributed by atoms with E-state index in [2.05, 4.69) is 0 Å². The van der Waals surface area contributed by atoms with Crippen LogP contribution in [0.5, 0.6) is 0 Å². The molecule has 1 amide bonds. The van der Waals surface area contributed by atoms with E-state index in [9.17, 15) is 19.3 Å². The van der Waals surface area contributed by atoms with Crippen molar-refractivity contribution in [3.63, 3.8) is 0 Å². The third-order valence-corrected chi connectivity index (χ3v) is 2.80. The van der Waals surface area contributed by atoms with Crippen LogP contribution in [0.2, 0.25) is 0 Å². The fourth-order valence-electron chi connectivity index (χ4n) is 1.87. The molecule has 0 bridgehead atoms. The molecule has 1 aromatic rings. The Labute approximate surface area is 116 Å². The van der Waals surface area contributed by atoms with Gasteiger partial charge in [-0.1, -0.05) is 13.8 Å². The maximum absolute atomic E-state index is 13.3. The Balaban J connectivity index is 3.26. The predicted molar refractivity (Wildman–Crippen MR) is 73.9 cm³/mol. The van der Waals surface area contributed by atoms with Crippen molar-refractivity contribution in [3.8, 4) is 0 Å². The van der Waals surface area contributed by atoms with Gasteiger partial charge < -0.3 is 10.6 Å². The number of anilines is 1. The smallest absolute Gasteiger partial charge is 0.285 e. The number of rotatable bonds is 5. The topological polar surface area (TPSA) is 89.5 Å². The lowest BCUT2D eigenvalue weighted by atomic mass is 10.1. The SMILES string of the molecule is CCN(CC(C)C)C(=O)c1cc(N)c(F)cc1[N+](=O)[O-]. The summed E-state index contributed by atoms with van der Waals surface area (Å²) in [6.45, 7) is 6.51. The molecule has 0 aromatic heterocycles. The highest BCUT2D eigenvalue weighted by Gasteiger charge is 2.26. The molecule has 2 N–H and O–H groups in total. The van der Waals surface area contributed by atoms with Crippen LogP contribution >= 0.6 is 0 Å². The third-order valence-electron chi connectivity index (χ3n) is 2.80. The first kappa shape index (κ1) is 15.9. The molecule has 0 spiro atoms. The molecule has 0 saturated carbocycles. The second-order valence-electron chi connectivity index (χ2n) is 4.89. The van der Waals surface area contributed by atoms with E-state index in [1.54, 1.807) is 6.92 Å². The van der Waals surface area contributed by atoms with E-state index in [0.29, 0.717) is 19.2 Å². The summed E-state index contributed by atoms with van der Waals surface area (Å²) in [7, 11) is 0. The van der Waals surface area contributed by atoms with Crippen LogP contribution in [0.25, 0.3) is 0 Å². The van der Waals surface area contributed by atoms with Gasteiger partial charge in [0, 0.05) is 13.1 Å². The van der Waals surface area contributed by atoms with Crippen molar-refractivity contribution >= 4 is 17.3 Å². The van der Waals surface area contributed by atoms with Crippen LogP contribution in [0.3, 0.4) is 0 Å². The monoisotopic (exact) mass is 283 g/mol. The van der Waals surface area contributed by atoms with Crippen molar-refractivity contribution in [2.45, 2.75) is 20.8 Å². The van der Waals surface area contributed by atoms with Gasteiger partial charge in [-0.2, -0.15) is 0 Å². The molecule has 110 valence electrons. The van der Waals surface area contributed by atoms with Crippen molar-refractivity contribution in [3.05, 3.63) is 33.6 Å². The molecule has 0 unspecified atom stereocenters. The van der Waals surface area contributed by atoms with E-state index >= 15 is 0 Å². The van der Waals surface area contributed by atoms with Gasteiger partial charge in [0.15, 0.2) is 5.82 Å². The zero-order chi connectivity index (χ0) is 15.4. The fraction of sp³-hybridized carbons (Fsp3) is 0.462. The van der Waals surface area contributed by atoms with E-state index in [4.69, 9.17) is 5.73 Å². The fourth-order valence-corrected chi connectivity index (χ4v) is 1.87. The number of hydrogen-bond donors (Lipinski definition) is 1. The minimum absolute atomic E-state index is 0.184. The predicted octanol–water partition coefficient (Wildman–Crippen LogP) is 2.43. The number of nitrogens with two attached hydrogens (primary N) is 1. The molecule has 6 nitrogen and oxygen atoms in total. The van der Waals surface area contributed by atoms with Crippen molar-refractivity contribution in [2.75, 3.05) is 18.8 Å². The molecular formula is C13H18FN3O3. The summed E-state index contributed by atoms with van der Waals surface area (Å²) in [5, 5.41) is 11.0. The number of nitrogens with zero attached hydrogens (tertiary/aromatic N) is 2. The molecule has 1 aromatic carbocycles. The lowest BCUT2D eigenvalue weighted by Crippen LogP contribution is -2.34. The van der Waals surface area contributed by atoms with Gasteiger partial charge in [-0.05, 0) is 18.9 Å². The van der Waals surface area contributed by atoms with Crippen LogP contribution < -0.4 is 5.73 Å². The Morgan fingerprint density at radius 2 is 2.10 bits per heavy atom. The summed E-state index contributed by atoms with van der Waals surface area (Å²) >= 11 is 0. The highest BCUT2D eigenvalue weighted by atomic mass is 19.1. The van der Waals surface area contributed by atoms with Gasteiger partial charge in [0.2, 0.25) is 0 Å². The molecule has 20 heavy (non-hydrogen) atoms. The van der Waals surface area contributed by atoms with Crippen LogP contribution in [-0.2, 0) is 0 Å². The number of benzene rings is 1. The van der Waals surface area contributed by atoms with Gasteiger partial charge in [0.25, 0.3) is 11.6 Å². The van der Waals surface area contributed by atoms with E-state index in [-0.39, 0.29) is 17.2 Å². The maximum Gasteiger partial charge on any atom is 0.285 e. The molecule has 0 saturated heterocycles. The summed E-state index contributed by atoms with van der Waals surface area (Å²) in [5.41, 5.74) is 4.37. The number of halogens is 1. The largest absolute Gasteiger partial charge is 0.396 e. The van der Waals surface area contributed by atoms with Crippen LogP contribution in [0.4, 0.5) is 15.8 Å². The Morgan fingerprint density at radius 1 is 1.50 bits per heavy atom.